The lowest BCUT2D eigenvalue weighted by atomic mass is 10.3. The van der Waals surface area contributed by atoms with Gasteiger partial charge in [0.1, 0.15) is 6.10 Å². The molecule has 1 heterocycles. The number of aryl methyl sites for hydroxylation is 1. The first-order valence-corrected chi connectivity index (χ1v) is 7.83. The highest BCUT2D eigenvalue weighted by molar-refractivity contribution is 7.99. The van der Waals surface area contributed by atoms with Crippen molar-refractivity contribution in [2.75, 3.05) is 11.9 Å². The third kappa shape index (κ3) is 4.19. The summed E-state index contributed by atoms with van der Waals surface area (Å²) in [5.74, 6) is -0.234. The van der Waals surface area contributed by atoms with Crippen molar-refractivity contribution in [3.05, 3.63) is 23.2 Å². The molecule has 0 aliphatic rings. The van der Waals surface area contributed by atoms with E-state index in [1.165, 1.54) is 11.8 Å². The Morgan fingerprint density at radius 1 is 1.55 bits per heavy atom. The molecule has 0 saturated carbocycles. The number of carbonyl (C=O) groups excluding carboxylic acids is 1. The maximum absolute atomic E-state index is 12.1. The van der Waals surface area contributed by atoms with Crippen molar-refractivity contribution in [2.45, 2.75) is 30.0 Å². The smallest absolute Gasteiger partial charge is 0.253 e. The predicted molar refractivity (Wildman–Crippen MR) is 84.1 cm³/mol. The Kier molecular flexibility index (Phi) is 5.76. The molecule has 1 atom stereocenters. The van der Waals surface area contributed by atoms with E-state index in [2.05, 4.69) is 20.8 Å². The van der Waals surface area contributed by atoms with Gasteiger partial charge in [-0.05, 0) is 54.2 Å². The van der Waals surface area contributed by atoms with Gasteiger partial charge in [-0.1, -0.05) is 11.6 Å². The summed E-state index contributed by atoms with van der Waals surface area (Å²) in [6.07, 6.45) is -0.543. The maximum atomic E-state index is 12.1. The quantitative estimate of drug-likeness (QED) is 0.868. The number of hydrogen-bond acceptors (Lipinski definition) is 6. The van der Waals surface area contributed by atoms with Crippen LogP contribution in [0.2, 0.25) is 5.02 Å². The number of halogens is 1. The third-order valence-corrected chi connectivity index (χ3v) is 4.11. The fourth-order valence-corrected chi connectivity index (χ4v) is 2.63. The van der Waals surface area contributed by atoms with E-state index in [1.807, 2.05) is 13.0 Å². The Morgan fingerprint density at radius 2 is 2.32 bits per heavy atom. The van der Waals surface area contributed by atoms with Gasteiger partial charge in [-0.3, -0.25) is 4.79 Å². The van der Waals surface area contributed by atoms with E-state index >= 15 is 0 Å². The van der Waals surface area contributed by atoms with E-state index in [4.69, 9.17) is 16.3 Å². The van der Waals surface area contributed by atoms with Gasteiger partial charge in [-0.2, -0.15) is 0 Å². The number of amides is 1. The zero-order valence-corrected chi connectivity index (χ0v) is 14.0. The molecular formula is C13H16ClN5O2S. The standard InChI is InChI=1S/C13H16ClN5O2S/c1-4-21-8(2)12(20)15-10-7-9(14)5-6-11(10)22-13-16-17-18-19(13)3/h5-8H,4H2,1-3H3,(H,15,20)/t8-/m1/s1. The summed E-state index contributed by atoms with van der Waals surface area (Å²) in [7, 11) is 1.74. The fraction of sp³-hybridized carbons (Fsp3) is 0.385. The number of carbonyl (C=O) groups is 1. The van der Waals surface area contributed by atoms with Crippen LogP contribution in [-0.2, 0) is 16.6 Å². The van der Waals surface area contributed by atoms with Gasteiger partial charge in [0.15, 0.2) is 0 Å². The molecule has 0 bridgehead atoms. The molecule has 0 aliphatic carbocycles. The second kappa shape index (κ2) is 7.57. The Morgan fingerprint density at radius 3 is 2.95 bits per heavy atom. The minimum Gasteiger partial charge on any atom is -0.369 e. The van der Waals surface area contributed by atoms with Crippen LogP contribution in [0.15, 0.2) is 28.3 Å². The first-order chi connectivity index (χ1) is 10.5. The van der Waals surface area contributed by atoms with Gasteiger partial charge in [-0.15, -0.1) is 5.10 Å². The number of benzene rings is 1. The molecule has 1 aromatic heterocycles. The highest BCUT2D eigenvalue weighted by atomic mass is 35.5. The van der Waals surface area contributed by atoms with E-state index in [0.717, 1.165) is 4.90 Å². The number of nitrogens with zero attached hydrogens (tertiary/aromatic N) is 4. The molecule has 1 amide bonds. The van der Waals surface area contributed by atoms with E-state index < -0.39 is 6.10 Å². The summed E-state index contributed by atoms with van der Waals surface area (Å²) in [6, 6.07) is 5.24. The Labute approximate surface area is 137 Å². The first kappa shape index (κ1) is 16.7. The van der Waals surface area contributed by atoms with Gasteiger partial charge in [0.25, 0.3) is 5.91 Å². The summed E-state index contributed by atoms with van der Waals surface area (Å²) in [6.45, 7) is 4.00. The van der Waals surface area contributed by atoms with Gasteiger partial charge in [-0.25, -0.2) is 4.68 Å². The normalized spacial score (nSPS) is 12.2. The molecule has 7 nitrogen and oxygen atoms in total. The third-order valence-electron chi connectivity index (χ3n) is 2.77. The average Bonchev–Trinajstić information content (AvgIpc) is 2.87. The number of nitrogens with one attached hydrogen (secondary N) is 1. The molecule has 0 radical (unpaired) electrons. The van der Waals surface area contributed by atoms with E-state index in [-0.39, 0.29) is 5.91 Å². The number of rotatable bonds is 6. The maximum Gasteiger partial charge on any atom is 0.253 e. The van der Waals surface area contributed by atoms with Gasteiger partial charge in [0, 0.05) is 23.6 Å². The summed E-state index contributed by atoms with van der Waals surface area (Å²) < 4.78 is 6.83. The highest BCUT2D eigenvalue weighted by Crippen LogP contribution is 2.33. The Balaban J connectivity index is 2.21. The van der Waals surface area contributed by atoms with Crippen LogP contribution in [0.5, 0.6) is 0 Å². The molecule has 118 valence electrons. The minimum absolute atomic E-state index is 0.234. The Hall–Kier alpha value is -1.64. The largest absolute Gasteiger partial charge is 0.369 e. The fourth-order valence-electron chi connectivity index (χ4n) is 1.65. The second-order valence-corrected chi connectivity index (χ2v) is 5.86. The van der Waals surface area contributed by atoms with Gasteiger partial charge in [0.2, 0.25) is 5.16 Å². The first-order valence-electron chi connectivity index (χ1n) is 6.63. The van der Waals surface area contributed by atoms with Crippen LogP contribution >= 0.6 is 23.4 Å². The van der Waals surface area contributed by atoms with Crippen molar-refractivity contribution in [2.24, 2.45) is 7.05 Å². The minimum atomic E-state index is -0.543. The summed E-state index contributed by atoms with van der Waals surface area (Å²) in [5.41, 5.74) is 0.594. The summed E-state index contributed by atoms with van der Waals surface area (Å²) in [4.78, 5) is 12.9. The lowest BCUT2D eigenvalue weighted by Crippen LogP contribution is -2.27. The SMILES string of the molecule is CCO[C@H](C)C(=O)Nc1cc(Cl)ccc1Sc1nnnn1C. The van der Waals surface area contributed by atoms with Crippen LogP contribution in [0, 0.1) is 0 Å². The monoisotopic (exact) mass is 341 g/mol. The van der Waals surface area contributed by atoms with E-state index in [9.17, 15) is 4.79 Å². The second-order valence-electron chi connectivity index (χ2n) is 4.41. The molecule has 0 spiro atoms. The molecule has 0 fully saturated rings. The average molecular weight is 342 g/mol. The number of hydrogen-bond donors (Lipinski definition) is 1. The van der Waals surface area contributed by atoms with Crippen LogP contribution in [0.3, 0.4) is 0 Å². The predicted octanol–water partition coefficient (Wildman–Crippen LogP) is 2.38. The van der Waals surface area contributed by atoms with Crippen LogP contribution in [0.25, 0.3) is 0 Å². The molecule has 0 saturated heterocycles. The van der Waals surface area contributed by atoms with Crippen molar-refractivity contribution < 1.29 is 9.53 Å². The molecule has 0 unspecified atom stereocenters. The molecule has 1 N–H and O–H groups in total. The molecule has 2 aromatic rings. The van der Waals surface area contributed by atoms with Crippen molar-refractivity contribution in [1.82, 2.24) is 20.2 Å². The van der Waals surface area contributed by atoms with Crippen LogP contribution in [0.4, 0.5) is 5.69 Å². The van der Waals surface area contributed by atoms with Crippen LogP contribution in [-0.4, -0.2) is 38.8 Å². The highest BCUT2D eigenvalue weighted by Gasteiger charge is 2.16. The lowest BCUT2D eigenvalue weighted by molar-refractivity contribution is -0.126. The van der Waals surface area contributed by atoms with Gasteiger partial charge >= 0.3 is 0 Å². The van der Waals surface area contributed by atoms with E-state index in [0.29, 0.717) is 22.5 Å². The van der Waals surface area contributed by atoms with Crippen molar-refractivity contribution >= 4 is 35.0 Å². The van der Waals surface area contributed by atoms with Crippen molar-refractivity contribution in [3.8, 4) is 0 Å². The molecular weight excluding hydrogens is 326 g/mol. The van der Waals surface area contributed by atoms with Crippen molar-refractivity contribution in [1.29, 1.82) is 0 Å². The summed E-state index contributed by atoms with van der Waals surface area (Å²) in [5, 5.41) is 15.2. The number of tetrazole rings is 1. The molecule has 9 heteroatoms. The van der Waals surface area contributed by atoms with Crippen LogP contribution in [0.1, 0.15) is 13.8 Å². The topological polar surface area (TPSA) is 81.9 Å². The van der Waals surface area contributed by atoms with Gasteiger partial charge < -0.3 is 10.1 Å². The van der Waals surface area contributed by atoms with Crippen LogP contribution < -0.4 is 5.32 Å². The number of anilines is 1. The molecule has 22 heavy (non-hydrogen) atoms. The number of ether oxygens (including phenoxy) is 1. The molecule has 1 aromatic carbocycles. The zero-order chi connectivity index (χ0) is 16.1. The zero-order valence-electron chi connectivity index (χ0n) is 12.4. The van der Waals surface area contributed by atoms with E-state index in [1.54, 1.807) is 30.8 Å². The molecule has 2 rings (SSSR count). The number of aromatic nitrogens is 4. The lowest BCUT2D eigenvalue weighted by Gasteiger charge is -2.14. The Bertz CT molecular complexity index is 664. The molecule has 0 aliphatic heterocycles. The van der Waals surface area contributed by atoms with Crippen molar-refractivity contribution in [3.63, 3.8) is 0 Å². The summed E-state index contributed by atoms with van der Waals surface area (Å²) >= 11 is 7.35. The van der Waals surface area contributed by atoms with Gasteiger partial charge in [0.05, 0.1) is 5.69 Å².